The molecule has 8 heteroatoms. The van der Waals surface area contributed by atoms with Crippen molar-refractivity contribution in [3.63, 3.8) is 0 Å². The highest BCUT2D eigenvalue weighted by Gasteiger charge is 2.21. The van der Waals surface area contributed by atoms with Gasteiger partial charge in [0.25, 0.3) is 0 Å². The molecule has 0 atom stereocenters. The monoisotopic (exact) mass is 339 g/mol. The number of hydrazone groups is 1. The number of halogens is 2. The van der Waals surface area contributed by atoms with E-state index >= 15 is 0 Å². The van der Waals surface area contributed by atoms with Crippen LogP contribution in [-0.4, -0.2) is 21.4 Å². The molecule has 0 saturated carbocycles. The zero-order chi connectivity index (χ0) is 16.3. The molecule has 1 aromatic carbocycles. The summed E-state index contributed by atoms with van der Waals surface area (Å²) < 4.78 is 0. The number of anilines is 1. The van der Waals surface area contributed by atoms with Crippen LogP contribution in [0.3, 0.4) is 0 Å². The van der Waals surface area contributed by atoms with Crippen LogP contribution in [-0.2, 0) is 5.41 Å². The molecule has 2 N–H and O–H groups in total. The Balaban J connectivity index is 2.30. The Kier molecular flexibility index (Phi) is 4.83. The van der Waals surface area contributed by atoms with Gasteiger partial charge in [-0.05, 0) is 12.1 Å². The highest BCUT2D eigenvalue weighted by atomic mass is 35.5. The van der Waals surface area contributed by atoms with Crippen LogP contribution in [0.4, 0.5) is 5.82 Å². The molecule has 0 amide bonds. The van der Waals surface area contributed by atoms with Gasteiger partial charge < -0.3 is 0 Å². The van der Waals surface area contributed by atoms with E-state index in [0.717, 1.165) is 0 Å². The van der Waals surface area contributed by atoms with Crippen molar-refractivity contribution in [1.82, 2.24) is 15.2 Å². The van der Waals surface area contributed by atoms with Crippen LogP contribution in [0.5, 0.6) is 0 Å². The number of hydrogen-bond donors (Lipinski definition) is 2. The Morgan fingerprint density at radius 3 is 2.50 bits per heavy atom. The molecule has 0 unspecified atom stereocenters. The zero-order valence-corrected chi connectivity index (χ0v) is 13.8. The van der Waals surface area contributed by atoms with Crippen LogP contribution in [0, 0.1) is 0 Å². The van der Waals surface area contributed by atoms with Gasteiger partial charge in [-0.3, -0.25) is 5.43 Å². The van der Waals surface area contributed by atoms with Gasteiger partial charge in [0.2, 0.25) is 0 Å². The van der Waals surface area contributed by atoms with E-state index in [2.05, 4.69) is 25.7 Å². The number of hydrogen-bond acceptors (Lipinski definition) is 5. The van der Waals surface area contributed by atoms with Gasteiger partial charge >= 0.3 is 5.69 Å². The van der Waals surface area contributed by atoms with Gasteiger partial charge in [-0.1, -0.05) is 50.0 Å². The van der Waals surface area contributed by atoms with E-state index in [4.69, 9.17) is 23.2 Å². The van der Waals surface area contributed by atoms with Crippen LogP contribution < -0.4 is 11.1 Å². The Labute approximate surface area is 137 Å². The highest BCUT2D eigenvalue weighted by Crippen LogP contribution is 2.25. The maximum absolute atomic E-state index is 11.3. The molecule has 2 rings (SSSR count). The van der Waals surface area contributed by atoms with Crippen molar-refractivity contribution in [2.45, 2.75) is 26.2 Å². The molecule has 6 nitrogen and oxygen atoms in total. The molecule has 0 bridgehead atoms. The third-order valence-corrected chi connectivity index (χ3v) is 3.43. The van der Waals surface area contributed by atoms with Gasteiger partial charge in [0.15, 0.2) is 5.82 Å². The summed E-state index contributed by atoms with van der Waals surface area (Å²) in [5, 5.41) is 11.3. The van der Waals surface area contributed by atoms with Crippen LogP contribution in [0.2, 0.25) is 10.0 Å². The smallest absolute Gasteiger partial charge is 0.260 e. The lowest BCUT2D eigenvalue weighted by molar-refractivity contribution is 0.553. The molecule has 0 aliphatic carbocycles. The number of nitrogens with one attached hydrogen (secondary N) is 2. The fraction of sp³-hybridized carbons (Fsp3) is 0.286. The average molecular weight is 340 g/mol. The molecular formula is C14H15Cl2N5O. The van der Waals surface area contributed by atoms with Crippen LogP contribution >= 0.6 is 23.2 Å². The number of rotatable bonds is 3. The van der Waals surface area contributed by atoms with Crippen LogP contribution in [0.25, 0.3) is 0 Å². The zero-order valence-electron chi connectivity index (χ0n) is 12.3. The van der Waals surface area contributed by atoms with Gasteiger partial charge in [0, 0.05) is 11.0 Å². The molecule has 1 aromatic heterocycles. The second-order valence-electron chi connectivity index (χ2n) is 5.59. The van der Waals surface area contributed by atoms with Gasteiger partial charge in [-0.15, -0.1) is 0 Å². The normalized spacial score (nSPS) is 11.9. The minimum atomic E-state index is -0.554. The van der Waals surface area contributed by atoms with E-state index in [1.54, 1.807) is 18.2 Å². The van der Waals surface area contributed by atoms with Crippen LogP contribution in [0.15, 0.2) is 28.1 Å². The fourth-order valence-corrected chi connectivity index (χ4v) is 2.22. The first-order valence-electron chi connectivity index (χ1n) is 6.49. The van der Waals surface area contributed by atoms with E-state index in [0.29, 0.717) is 21.3 Å². The molecule has 22 heavy (non-hydrogen) atoms. The summed E-state index contributed by atoms with van der Waals surface area (Å²) in [6, 6.07) is 5.17. The third kappa shape index (κ3) is 3.84. The second-order valence-corrected chi connectivity index (χ2v) is 6.41. The molecule has 0 saturated heterocycles. The first-order valence-corrected chi connectivity index (χ1v) is 7.25. The minimum absolute atomic E-state index is 0.288. The summed E-state index contributed by atoms with van der Waals surface area (Å²) in [5.41, 5.74) is 3.03. The topological polar surface area (TPSA) is 83.0 Å². The predicted molar refractivity (Wildman–Crippen MR) is 89.0 cm³/mol. The summed E-state index contributed by atoms with van der Waals surface area (Å²) in [5.74, 6) is 0.288. The van der Waals surface area contributed by atoms with Crippen molar-refractivity contribution >= 4 is 35.2 Å². The number of aromatic nitrogens is 3. The van der Waals surface area contributed by atoms with E-state index in [1.807, 2.05) is 20.8 Å². The number of H-pyrrole nitrogens is 1. The largest absolute Gasteiger partial charge is 0.363 e. The molecule has 0 aliphatic rings. The quantitative estimate of drug-likeness (QED) is 0.664. The van der Waals surface area contributed by atoms with Gasteiger partial charge in [0.1, 0.15) is 5.69 Å². The lowest BCUT2D eigenvalue weighted by Crippen LogP contribution is -2.24. The van der Waals surface area contributed by atoms with E-state index in [1.165, 1.54) is 6.21 Å². The first kappa shape index (κ1) is 16.5. The average Bonchev–Trinajstić information content (AvgIpc) is 2.41. The summed E-state index contributed by atoms with van der Waals surface area (Å²) in [6.07, 6.45) is 1.47. The lowest BCUT2D eigenvalue weighted by Gasteiger charge is -2.18. The van der Waals surface area contributed by atoms with Gasteiger partial charge in [-0.25, -0.2) is 9.89 Å². The Hall–Kier alpha value is -1.92. The van der Waals surface area contributed by atoms with Crippen molar-refractivity contribution in [1.29, 1.82) is 0 Å². The summed E-state index contributed by atoms with van der Waals surface area (Å²) >= 11 is 12.1. The molecule has 0 fully saturated rings. The third-order valence-electron chi connectivity index (χ3n) is 2.78. The van der Waals surface area contributed by atoms with E-state index in [9.17, 15) is 4.79 Å². The Bertz CT molecular complexity index is 744. The highest BCUT2D eigenvalue weighted by molar-refractivity contribution is 6.38. The fourth-order valence-electron chi connectivity index (χ4n) is 1.73. The number of aromatic amines is 1. The molecule has 2 aromatic rings. The summed E-state index contributed by atoms with van der Waals surface area (Å²) in [6.45, 7) is 5.86. The van der Waals surface area contributed by atoms with Crippen molar-refractivity contribution in [3.05, 3.63) is 50.0 Å². The molecule has 1 heterocycles. The number of nitrogens with zero attached hydrogens (tertiary/aromatic N) is 3. The van der Waals surface area contributed by atoms with Crippen LogP contribution in [0.1, 0.15) is 32.0 Å². The van der Waals surface area contributed by atoms with Gasteiger partial charge in [0.05, 0.1) is 16.3 Å². The Morgan fingerprint density at radius 2 is 1.91 bits per heavy atom. The van der Waals surface area contributed by atoms with Gasteiger partial charge in [-0.2, -0.15) is 15.2 Å². The SMILES string of the molecule is CC(C)(C)c1n[nH]c(=O)nc1N/N=C/c1c(Cl)cccc1Cl. The predicted octanol–water partition coefficient (Wildman–Crippen LogP) is 3.22. The maximum atomic E-state index is 11.3. The van der Waals surface area contributed by atoms with Crippen molar-refractivity contribution in [3.8, 4) is 0 Å². The lowest BCUT2D eigenvalue weighted by atomic mass is 9.92. The minimum Gasteiger partial charge on any atom is -0.260 e. The second kappa shape index (κ2) is 6.46. The van der Waals surface area contributed by atoms with Crippen molar-refractivity contribution in [2.75, 3.05) is 5.43 Å². The Morgan fingerprint density at radius 1 is 1.27 bits per heavy atom. The summed E-state index contributed by atoms with van der Waals surface area (Å²) in [4.78, 5) is 15.2. The molecule has 0 aliphatic heterocycles. The molecule has 0 spiro atoms. The first-order chi connectivity index (χ1) is 10.3. The molecular weight excluding hydrogens is 325 g/mol. The summed E-state index contributed by atoms with van der Waals surface area (Å²) in [7, 11) is 0. The van der Waals surface area contributed by atoms with E-state index < -0.39 is 5.69 Å². The van der Waals surface area contributed by atoms with Crippen molar-refractivity contribution < 1.29 is 0 Å². The molecule has 116 valence electrons. The number of benzene rings is 1. The molecule has 0 radical (unpaired) electrons. The standard InChI is InChI=1S/C14H15Cl2N5O/c1-14(2,3)11-12(18-13(22)21-19-11)20-17-7-8-9(15)5-4-6-10(8)16/h4-7H,1-3H3,(H2,18,20,21,22)/b17-7+. The van der Waals surface area contributed by atoms with E-state index in [-0.39, 0.29) is 11.2 Å². The van der Waals surface area contributed by atoms with Crippen molar-refractivity contribution in [2.24, 2.45) is 5.10 Å². The maximum Gasteiger partial charge on any atom is 0.363 e.